The van der Waals surface area contributed by atoms with Crippen molar-refractivity contribution in [3.8, 4) is 17.2 Å². The molecule has 29 heavy (non-hydrogen) atoms. The molecule has 1 amide bonds. The fraction of sp³-hybridized carbons (Fsp3) is 0.318. The van der Waals surface area contributed by atoms with Crippen LogP contribution < -0.4 is 14.2 Å². The molecule has 1 aliphatic rings. The van der Waals surface area contributed by atoms with Gasteiger partial charge < -0.3 is 23.7 Å². The first kappa shape index (κ1) is 19.5. The van der Waals surface area contributed by atoms with E-state index in [1.54, 1.807) is 33.1 Å². The molecule has 1 aliphatic heterocycles. The molecular formula is C22H24N2O4S. The number of methoxy groups -OCH3 is 3. The van der Waals surface area contributed by atoms with E-state index in [0.717, 1.165) is 22.2 Å². The van der Waals surface area contributed by atoms with Crippen molar-refractivity contribution in [1.29, 1.82) is 0 Å². The number of para-hydroxylation sites is 1. The Morgan fingerprint density at radius 3 is 2.52 bits per heavy atom. The molecule has 1 aromatic heterocycles. The molecule has 4 rings (SSSR count). The zero-order valence-corrected chi connectivity index (χ0v) is 17.6. The van der Waals surface area contributed by atoms with Crippen LogP contribution in [-0.4, -0.2) is 49.0 Å². The van der Waals surface area contributed by atoms with Gasteiger partial charge >= 0.3 is 0 Å². The van der Waals surface area contributed by atoms with E-state index in [1.165, 1.54) is 0 Å². The van der Waals surface area contributed by atoms with Gasteiger partial charge in [-0.3, -0.25) is 4.79 Å². The smallest absolute Gasteiger partial charge is 0.243 e. The Morgan fingerprint density at radius 2 is 1.76 bits per heavy atom. The molecule has 0 spiro atoms. The summed E-state index contributed by atoms with van der Waals surface area (Å²) in [4.78, 5) is 15.1. The third kappa shape index (κ3) is 3.62. The number of thioether (sulfide) groups is 1. The summed E-state index contributed by atoms with van der Waals surface area (Å²) in [5, 5.41) is 1.01. The van der Waals surface area contributed by atoms with Gasteiger partial charge in [0.15, 0.2) is 11.5 Å². The van der Waals surface area contributed by atoms with Crippen LogP contribution in [0.4, 0.5) is 0 Å². The SMILES string of the molecule is COc1cc(OC)c(C2SCCN2C(=O)Cn2ccc3ccccc32)cc1OC. The van der Waals surface area contributed by atoms with E-state index in [1.807, 2.05) is 52.1 Å². The molecule has 0 saturated carbocycles. The number of carbonyl (C=O) groups excluding carboxylic acids is 1. The number of ether oxygens (including phenoxy) is 3. The van der Waals surface area contributed by atoms with Crippen LogP contribution in [0, 0.1) is 0 Å². The average molecular weight is 413 g/mol. The molecule has 0 aliphatic carbocycles. The fourth-order valence-corrected chi connectivity index (χ4v) is 5.04. The third-order valence-electron chi connectivity index (χ3n) is 5.20. The van der Waals surface area contributed by atoms with Crippen molar-refractivity contribution in [1.82, 2.24) is 9.47 Å². The zero-order chi connectivity index (χ0) is 20.4. The van der Waals surface area contributed by atoms with E-state index in [0.29, 0.717) is 30.3 Å². The lowest BCUT2D eigenvalue weighted by molar-refractivity contribution is -0.131. The largest absolute Gasteiger partial charge is 0.496 e. The predicted octanol–water partition coefficient (Wildman–Crippen LogP) is 3.94. The molecule has 6 nitrogen and oxygen atoms in total. The molecule has 152 valence electrons. The lowest BCUT2D eigenvalue weighted by Gasteiger charge is -2.26. The predicted molar refractivity (Wildman–Crippen MR) is 115 cm³/mol. The second-order valence-electron chi connectivity index (χ2n) is 6.76. The van der Waals surface area contributed by atoms with Gasteiger partial charge in [0.2, 0.25) is 5.91 Å². The molecular weight excluding hydrogens is 388 g/mol. The number of benzene rings is 2. The maximum absolute atomic E-state index is 13.2. The minimum atomic E-state index is -0.126. The van der Waals surface area contributed by atoms with E-state index in [-0.39, 0.29) is 11.3 Å². The maximum atomic E-state index is 13.2. The minimum Gasteiger partial charge on any atom is -0.496 e. The second kappa shape index (κ2) is 8.29. The first-order valence-corrected chi connectivity index (χ1v) is 10.5. The minimum absolute atomic E-state index is 0.0817. The lowest BCUT2D eigenvalue weighted by Crippen LogP contribution is -2.33. The van der Waals surface area contributed by atoms with Crippen LogP contribution in [0.2, 0.25) is 0 Å². The molecule has 2 heterocycles. The summed E-state index contributed by atoms with van der Waals surface area (Å²) in [7, 11) is 4.83. The Hall–Kier alpha value is -2.80. The van der Waals surface area contributed by atoms with Crippen molar-refractivity contribution in [3.63, 3.8) is 0 Å². The summed E-state index contributed by atoms with van der Waals surface area (Å²) >= 11 is 1.73. The summed E-state index contributed by atoms with van der Waals surface area (Å²) in [6.07, 6.45) is 1.97. The molecule has 0 radical (unpaired) electrons. The van der Waals surface area contributed by atoms with E-state index >= 15 is 0 Å². The summed E-state index contributed by atoms with van der Waals surface area (Å²) in [6.45, 7) is 1.01. The number of rotatable bonds is 6. The molecule has 7 heteroatoms. The fourth-order valence-electron chi connectivity index (χ4n) is 3.74. The Morgan fingerprint density at radius 1 is 1.03 bits per heavy atom. The molecule has 2 aromatic carbocycles. The van der Waals surface area contributed by atoms with E-state index in [2.05, 4.69) is 6.07 Å². The molecule has 0 N–H and O–H groups in total. The highest BCUT2D eigenvalue weighted by Gasteiger charge is 2.33. The quantitative estimate of drug-likeness (QED) is 0.614. The number of hydrogen-bond donors (Lipinski definition) is 0. The number of aromatic nitrogens is 1. The molecule has 0 bridgehead atoms. The van der Waals surface area contributed by atoms with Crippen molar-refractivity contribution in [2.24, 2.45) is 0 Å². The third-order valence-corrected chi connectivity index (χ3v) is 6.44. The summed E-state index contributed by atoms with van der Waals surface area (Å²) < 4.78 is 18.5. The lowest BCUT2D eigenvalue weighted by atomic mass is 10.1. The molecule has 1 fully saturated rings. The van der Waals surface area contributed by atoms with Crippen molar-refractivity contribution in [2.45, 2.75) is 11.9 Å². The number of fused-ring (bicyclic) bond motifs is 1. The Bertz CT molecular complexity index is 1030. The van der Waals surface area contributed by atoms with Crippen LogP contribution in [0.3, 0.4) is 0 Å². The van der Waals surface area contributed by atoms with Gasteiger partial charge in [0.1, 0.15) is 17.7 Å². The summed E-state index contributed by atoms with van der Waals surface area (Å²) in [6, 6.07) is 13.9. The molecule has 1 saturated heterocycles. The highest BCUT2D eigenvalue weighted by atomic mass is 32.2. The first-order chi connectivity index (χ1) is 14.2. The van der Waals surface area contributed by atoms with Gasteiger partial charge in [-0.25, -0.2) is 0 Å². The van der Waals surface area contributed by atoms with Crippen LogP contribution in [0.1, 0.15) is 10.9 Å². The van der Waals surface area contributed by atoms with Crippen molar-refractivity contribution in [2.75, 3.05) is 33.6 Å². The van der Waals surface area contributed by atoms with Gasteiger partial charge in [-0.1, -0.05) is 18.2 Å². The summed E-state index contributed by atoms with van der Waals surface area (Å²) in [5.41, 5.74) is 1.98. The van der Waals surface area contributed by atoms with Crippen molar-refractivity contribution in [3.05, 3.63) is 54.2 Å². The maximum Gasteiger partial charge on any atom is 0.243 e. The monoisotopic (exact) mass is 412 g/mol. The number of hydrogen-bond acceptors (Lipinski definition) is 5. The van der Waals surface area contributed by atoms with Gasteiger partial charge in [0.05, 0.1) is 21.3 Å². The highest BCUT2D eigenvalue weighted by molar-refractivity contribution is 7.99. The molecule has 3 aromatic rings. The summed E-state index contributed by atoms with van der Waals surface area (Å²) in [5.74, 6) is 2.87. The van der Waals surface area contributed by atoms with Gasteiger partial charge in [-0.05, 0) is 23.6 Å². The zero-order valence-electron chi connectivity index (χ0n) is 16.8. The van der Waals surface area contributed by atoms with Gasteiger partial charge in [-0.15, -0.1) is 11.8 Å². The van der Waals surface area contributed by atoms with Crippen LogP contribution >= 0.6 is 11.8 Å². The molecule has 1 atom stereocenters. The second-order valence-corrected chi connectivity index (χ2v) is 7.95. The normalized spacial score (nSPS) is 16.2. The van der Waals surface area contributed by atoms with E-state index < -0.39 is 0 Å². The van der Waals surface area contributed by atoms with Gasteiger partial charge in [-0.2, -0.15) is 0 Å². The first-order valence-electron chi connectivity index (χ1n) is 9.41. The standard InChI is InChI=1S/C22H24N2O4S/c1-26-18-13-20(28-3)19(27-2)12-16(18)22-24(10-11-29-22)21(25)14-23-9-8-15-6-4-5-7-17(15)23/h4-9,12-13,22H,10-11,14H2,1-3H3. The Labute approximate surface area is 174 Å². The van der Waals surface area contributed by atoms with Crippen LogP contribution in [0.25, 0.3) is 10.9 Å². The number of carbonyl (C=O) groups is 1. The number of amides is 1. The van der Waals surface area contributed by atoms with Crippen LogP contribution in [-0.2, 0) is 11.3 Å². The van der Waals surface area contributed by atoms with E-state index in [4.69, 9.17) is 14.2 Å². The number of nitrogens with zero attached hydrogens (tertiary/aromatic N) is 2. The topological polar surface area (TPSA) is 52.9 Å². The van der Waals surface area contributed by atoms with Gasteiger partial charge in [0, 0.05) is 35.6 Å². The van der Waals surface area contributed by atoms with Crippen molar-refractivity contribution >= 4 is 28.6 Å². The Kier molecular flexibility index (Phi) is 5.58. The van der Waals surface area contributed by atoms with Gasteiger partial charge in [0.25, 0.3) is 0 Å². The highest BCUT2D eigenvalue weighted by Crippen LogP contribution is 2.46. The van der Waals surface area contributed by atoms with E-state index in [9.17, 15) is 4.79 Å². The van der Waals surface area contributed by atoms with Crippen LogP contribution in [0.15, 0.2) is 48.7 Å². The van der Waals surface area contributed by atoms with Crippen molar-refractivity contribution < 1.29 is 19.0 Å². The Balaban J connectivity index is 1.63. The molecule has 1 unspecified atom stereocenters. The average Bonchev–Trinajstić information content (AvgIpc) is 3.40. The van der Waals surface area contributed by atoms with Crippen LogP contribution in [0.5, 0.6) is 17.2 Å².